The zero-order valence-corrected chi connectivity index (χ0v) is 18.1. The normalized spacial score (nSPS) is 15.1. The zero-order chi connectivity index (χ0) is 20.4. The second kappa shape index (κ2) is 8.50. The van der Waals surface area contributed by atoms with E-state index in [2.05, 4.69) is 27.7 Å². The number of aryl methyl sites for hydroxylation is 1. The maximum atomic E-state index is 12.8. The Labute approximate surface area is 171 Å². The number of thiophene rings is 1. The number of benzene rings is 1. The minimum absolute atomic E-state index is 0.0508. The summed E-state index contributed by atoms with van der Waals surface area (Å²) in [5.74, 6) is 1.63. The predicted molar refractivity (Wildman–Crippen MR) is 112 cm³/mol. The van der Waals surface area contributed by atoms with E-state index in [-0.39, 0.29) is 11.5 Å². The highest BCUT2D eigenvalue weighted by atomic mass is 32.1. The Balaban J connectivity index is 1.93. The molecule has 1 N–H and O–H groups in total. The van der Waals surface area contributed by atoms with Crippen LogP contribution in [0.15, 0.2) is 29.3 Å². The molecule has 28 heavy (non-hydrogen) atoms. The first-order valence-electron chi connectivity index (χ1n) is 9.91. The molecule has 0 amide bonds. The first-order chi connectivity index (χ1) is 13.3. The summed E-state index contributed by atoms with van der Waals surface area (Å²) in [6.45, 7) is 13.3. The summed E-state index contributed by atoms with van der Waals surface area (Å²) < 4.78 is 5.98. The highest BCUT2D eigenvalue weighted by Crippen LogP contribution is 2.38. The molecule has 0 radical (unpaired) electrons. The molecule has 1 aromatic heterocycles. The fourth-order valence-corrected chi connectivity index (χ4v) is 4.59. The summed E-state index contributed by atoms with van der Waals surface area (Å²) in [6.07, 6.45) is 1.80. The lowest BCUT2D eigenvalue weighted by Gasteiger charge is -2.26. The Kier molecular flexibility index (Phi) is 6.26. The van der Waals surface area contributed by atoms with Crippen molar-refractivity contribution in [3.63, 3.8) is 0 Å². The van der Waals surface area contributed by atoms with Crippen molar-refractivity contribution in [1.29, 1.82) is 0 Å². The first-order valence-corrected chi connectivity index (χ1v) is 10.8. The van der Waals surface area contributed by atoms with Gasteiger partial charge in [0.2, 0.25) is 5.78 Å². The van der Waals surface area contributed by atoms with Crippen LogP contribution in [0.3, 0.4) is 0 Å². The summed E-state index contributed by atoms with van der Waals surface area (Å²) in [7, 11) is 0. The summed E-state index contributed by atoms with van der Waals surface area (Å²) in [6, 6.07) is 5.14. The third-order valence-corrected chi connectivity index (χ3v) is 5.85. The van der Waals surface area contributed by atoms with Crippen molar-refractivity contribution >= 4 is 23.2 Å². The van der Waals surface area contributed by atoms with Crippen LogP contribution in [0.2, 0.25) is 0 Å². The number of carbonyl (C=O) groups is 1. The molecule has 0 saturated heterocycles. The molecule has 0 unspecified atom stereocenters. The highest BCUT2D eigenvalue weighted by molar-refractivity contribution is 7.11. The lowest BCUT2D eigenvalue weighted by Crippen LogP contribution is -3.11. The molecule has 2 aromatic rings. The third kappa shape index (κ3) is 4.47. The summed E-state index contributed by atoms with van der Waals surface area (Å²) in [4.78, 5) is 15.2. The Bertz CT molecular complexity index is 885. The number of ether oxygens (including phenoxy) is 1. The minimum atomic E-state index is -0.140. The molecule has 0 bridgehead atoms. The smallest absolute Gasteiger partial charge is 0.232 e. The van der Waals surface area contributed by atoms with Gasteiger partial charge in [0.15, 0.2) is 5.76 Å². The summed E-state index contributed by atoms with van der Waals surface area (Å²) in [5, 5.41) is 14.6. The van der Waals surface area contributed by atoms with Crippen molar-refractivity contribution in [3.05, 3.63) is 50.9 Å². The van der Waals surface area contributed by atoms with E-state index in [9.17, 15) is 9.90 Å². The molecule has 0 atom stereocenters. The highest BCUT2D eigenvalue weighted by Gasteiger charge is 2.31. The molecule has 1 aliphatic heterocycles. The average Bonchev–Trinajstić information content (AvgIpc) is 3.14. The van der Waals surface area contributed by atoms with E-state index in [1.165, 1.54) is 11.0 Å². The number of ketones is 1. The van der Waals surface area contributed by atoms with Crippen molar-refractivity contribution < 1.29 is 19.5 Å². The molecule has 0 saturated carbocycles. The number of rotatable bonds is 7. The molecule has 3 rings (SSSR count). The molecular weight excluding hydrogens is 370 g/mol. The first kappa shape index (κ1) is 20.6. The van der Waals surface area contributed by atoms with Crippen molar-refractivity contribution in [2.24, 2.45) is 11.8 Å². The molecule has 4 nitrogen and oxygen atoms in total. The van der Waals surface area contributed by atoms with Crippen LogP contribution in [-0.4, -0.2) is 18.9 Å². The Morgan fingerprint density at radius 2 is 1.82 bits per heavy atom. The van der Waals surface area contributed by atoms with E-state index in [0.717, 1.165) is 23.5 Å². The third-order valence-electron chi connectivity index (χ3n) is 4.88. The molecule has 1 aliphatic rings. The van der Waals surface area contributed by atoms with Crippen LogP contribution < -0.4 is 14.7 Å². The van der Waals surface area contributed by atoms with Crippen molar-refractivity contribution in [3.8, 4) is 11.5 Å². The molecule has 1 aromatic carbocycles. The fraction of sp³-hybridized carbons (Fsp3) is 0.435. The van der Waals surface area contributed by atoms with Crippen LogP contribution in [0, 0.1) is 18.8 Å². The van der Waals surface area contributed by atoms with E-state index in [1.54, 1.807) is 23.5 Å². The lowest BCUT2D eigenvalue weighted by atomic mass is 10.0. The predicted octanol–water partition coefficient (Wildman–Crippen LogP) is 3.44. The van der Waals surface area contributed by atoms with Gasteiger partial charge in [-0.2, -0.15) is 0 Å². The minimum Gasteiger partial charge on any atom is -0.872 e. The summed E-state index contributed by atoms with van der Waals surface area (Å²) in [5.41, 5.74) is 2.23. The van der Waals surface area contributed by atoms with Gasteiger partial charge < -0.3 is 14.7 Å². The van der Waals surface area contributed by atoms with Gasteiger partial charge in [-0.1, -0.05) is 39.5 Å². The number of nitrogens with one attached hydrogen (secondary N) is 1. The van der Waals surface area contributed by atoms with Gasteiger partial charge in [-0.3, -0.25) is 4.79 Å². The molecule has 2 heterocycles. The van der Waals surface area contributed by atoms with Crippen LogP contribution in [0.1, 0.15) is 54.1 Å². The molecule has 0 aliphatic carbocycles. The van der Waals surface area contributed by atoms with Crippen LogP contribution in [0.25, 0.3) is 6.08 Å². The number of quaternary nitrogens is 1. The number of fused-ring (bicyclic) bond motifs is 1. The number of Topliss-reactive ketones (excluding diaryl/α,β-unsaturated/α-hetero) is 1. The van der Waals surface area contributed by atoms with Crippen molar-refractivity contribution in [1.82, 2.24) is 0 Å². The molecular formula is C23H29NO3S. The second-order valence-corrected chi connectivity index (χ2v) is 9.40. The van der Waals surface area contributed by atoms with E-state index in [1.807, 2.05) is 18.4 Å². The molecule has 5 heteroatoms. The van der Waals surface area contributed by atoms with Crippen LogP contribution >= 0.6 is 11.3 Å². The SMILES string of the molecule is Cc1ccsc1/C=C1\Oc2c(ccc([O-])c2C[NH+](CC(C)C)CC(C)C)C1=O. The Morgan fingerprint density at radius 1 is 1.14 bits per heavy atom. The lowest BCUT2D eigenvalue weighted by molar-refractivity contribution is -0.919. The van der Waals surface area contributed by atoms with E-state index in [4.69, 9.17) is 4.74 Å². The number of hydrogen-bond acceptors (Lipinski definition) is 4. The maximum absolute atomic E-state index is 12.8. The quantitative estimate of drug-likeness (QED) is 0.726. The Morgan fingerprint density at radius 3 is 2.39 bits per heavy atom. The van der Waals surface area contributed by atoms with Gasteiger partial charge in [0.1, 0.15) is 12.3 Å². The van der Waals surface area contributed by atoms with Gasteiger partial charge in [0.05, 0.1) is 18.7 Å². The standard InChI is InChI=1S/C23H29NO3S/c1-14(2)11-24(12-15(3)4)13-18-19(25)7-6-17-22(26)20(27-23(17)18)10-21-16(5)8-9-28-21/h6-10,14-15,25H,11-13H2,1-5H3/b20-10-. The monoisotopic (exact) mass is 399 g/mol. The largest absolute Gasteiger partial charge is 0.872 e. The van der Waals surface area contributed by atoms with Crippen LogP contribution in [0.4, 0.5) is 0 Å². The second-order valence-electron chi connectivity index (χ2n) is 8.45. The van der Waals surface area contributed by atoms with Gasteiger partial charge in [-0.15, -0.1) is 11.3 Å². The van der Waals surface area contributed by atoms with Crippen LogP contribution in [-0.2, 0) is 6.54 Å². The van der Waals surface area contributed by atoms with E-state index in [0.29, 0.717) is 41.0 Å². The number of carbonyl (C=O) groups excluding carboxylic acids is 1. The Hall–Kier alpha value is -2.11. The van der Waals surface area contributed by atoms with Gasteiger partial charge in [0, 0.05) is 28.4 Å². The molecule has 0 spiro atoms. The maximum Gasteiger partial charge on any atom is 0.232 e. The van der Waals surface area contributed by atoms with Crippen molar-refractivity contribution in [2.75, 3.05) is 13.1 Å². The topological polar surface area (TPSA) is 53.8 Å². The van der Waals surface area contributed by atoms with Crippen molar-refractivity contribution in [2.45, 2.75) is 41.2 Å². The van der Waals surface area contributed by atoms with Gasteiger partial charge >= 0.3 is 0 Å². The molecule has 150 valence electrons. The van der Waals surface area contributed by atoms with Gasteiger partial charge in [-0.25, -0.2) is 0 Å². The molecule has 0 fully saturated rings. The van der Waals surface area contributed by atoms with E-state index >= 15 is 0 Å². The average molecular weight is 400 g/mol. The summed E-state index contributed by atoms with van der Waals surface area (Å²) >= 11 is 1.57. The zero-order valence-electron chi connectivity index (χ0n) is 17.3. The van der Waals surface area contributed by atoms with Gasteiger partial charge in [0.25, 0.3) is 0 Å². The van der Waals surface area contributed by atoms with Gasteiger partial charge in [-0.05, 0) is 30.0 Å². The fourth-order valence-electron chi connectivity index (χ4n) is 3.74. The number of hydrogen-bond donors (Lipinski definition) is 1. The van der Waals surface area contributed by atoms with Crippen LogP contribution in [0.5, 0.6) is 11.5 Å². The van der Waals surface area contributed by atoms with E-state index < -0.39 is 0 Å². The number of allylic oxidation sites excluding steroid dienone is 1.